The minimum atomic E-state index is -0.0329. The Morgan fingerprint density at radius 3 is 2.65 bits per heavy atom. The van der Waals surface area contributed by atoms with Crippen LogP contribution in [0.5, 0.6) is 0 Å². The van der Waals surface area contributed by atoms with Gasteiger partial charge in [-0.3, -0.25) is 9.48 Å². The van der Waals surface area contributed by atoms with Gasteiger partial charge >= 0.3 is 0 Å². The number of carbonyl (C=O) groups is 1. The summed E-state index contributed by atoms with van der Waals surface area (Å²) < 4.78 is 1.79. The molecule has 3 heterocycles. The number of amides is 1. The quantitative estimate of drug-likeness (QED) is 0.927. The van der Waals surface area contributed by atoms with Crippen molar-refractivity contribution in [2.45, 2.75) is 50.2 Å². The molecule has 1 amide bonds. The second-order valence-corrected chi connectivity index (χ2v) is 7.04. The summed E-state index contributed by atoms with van der Waals surface area (Å²) in [5.74, 6) is -0.0329. The van der Waals surface area contributed by atoms with E-state index in [0.29, 0.717) is 17.8 Å². The van der Waals surface area contributed by atoms with Gasteiger partial charge in [0.15, 0.2) is 5.69 Å². The van der Waals surface area contributed by atoms with E-state index < -0.39 is 0 Å². The number of benzene rings is 1. The molecule has 23 heavy (non-hydrogen) atoms. The fourth-order valence-electron chi connectivity index (χ4n) is 4.37. The molecule has 5 heteroatoms. The first-order chi connectivity index (χ1) is 11.1. The van der Waals surface area contributed by atoms with E-state index >= 15 is 0 Å². The molecular weight excluding hydrogens is 288 g/mol. The Bertz CT molecular complexity index is 730. The van der Waals surface area contributed by atoms with Gasteiger partial charge in [-0.05, 0) is 38.8 Å². The Balaban J connectivity index is 0.00000169. The molecule has 0 spiro atoms. The Labute approximate surface area is 138 Å². The van der Waals surface area contributed by atoms with Gasteiger partial charge in [0.25, 0.3) is 5.91 Å². The molecule has 2 aliphatic heterocycles. The second-order valence-electron chi connectivity index (χ2n) is 7.04. The molecule has 2 unspecified atom stereocenters. The van der Waals surface area contributed by atoms with Gasteiger partial charge in [0.1, 0.15) is 0 Å². The van der Waals surface area contributed by atoms with Crippen LogP contribution in [0.4, 0.5) is 0 Å². The summed E-state index contributed by atoms with van der Waals surface area (Å²) in [7, 11) is 4.12. The number of para-hydroxylation sites is 1. The number of rotatable bonds is 2. The van der Waals surface area contributed by atoms with Gasteiger partial charge in [-0.15, -0.1) is 0 Å². The number of nitrogens with zero attached hydrogens (tertiary/aromatic N) is 3. The van der Waals surface area contributed by atoms with Gasteiger partial charge < -0.3 is 10.2 Å². The predicted molar refractivity (Wildman–Crippen MR) is 92.5 cm³/mol. The van der Waals surface area contributed by atoms with Crippen LogP contribution in [-0.4, -0.2) is 45.8 Å². The van der Waals surface area contributed by atoms with Crippen LogP contribution in [0, 0.1) is 0 Å². The highest BCUT2D eigenvalue weighted by Gasteiger charge is 2.36. The van der Waals surface area contributed by atoms with E-state index in [1.165, 1.54) is 19.3 Å². The van der Waals surface area contributed by atoms with E-state index in [0.717, 1.165) is 23.7 Å². The predicted octanol–water partition coefficient (Wildman–Crippen LogP) is 2.56. The summed E-state index contributed by atoms with van der Waals surface area (Å²) >= 11 is 0. The highest BCUT2D eigenvalue weighted by Crippen LogP contribution is 2.32. The number of fused-ring (bicyclic) bond motifs is 3. The molecule has 0 saturated carbocycles. The van der Waals surface area contributed by atoms with Gasteiger partial charge in [0, 0.05) is 32.0 Å². The monoisotopic (exact) mass is 314 g/mol. The van der Waals surface area contributed by atoms with Crippen molar-refractivity contribution in [3.05, 3.63) is 30.0 Å². The van der Waals surface area contributed by atoms with E-state index in [4.69, 9.17) is 0 Å². The summed E-state index contributed by atoms with van der Waals surface area (Å²) in [5.41, 5.74) is 1.55. The average Bonchev–Trinajstić information content (AvgIpc) is 2.86. The van der Waals surface area contributed by atoms with E-state index in [-0.39, 0.29) is 13.4 Å². The van der Waals surface area contributed by atoms with Gasteiger partial charge in [-0.25, -0.2) is 0 Å². The van der Waals surface area contributed by atoms with Crippen LogP contribution < -0.4 is 5.32 Å². The molecule has 2 atom stereocenters. The fraction of sp³-hybridized carbons (Fsp3) is 0.556. The van der Waals surface area contributed by atoms with E-state index in [1.807, 2.05) is 31.3 Å². The zero-order chi connectivity index (χ0) is 16.0. The first kappa shape index (κ1) is 14.7. The lowest BCUT2D eigenvalue weighted by molar-refractivity contribution is 0.0462. The summed E-state index contributed by atoms with van der Waals surface area (Å²) in [5, 5.41) is 8.62. The van der Waals surface area contributed by atoms with Crippen molar-refractivity contribution in [2.75, 3.05) is 7.05 Å². The van der Waals surface area contributed by atoms with Crippen molar-refractivity contribution in [2.24, 2.45) is 7.05 Å². The third-order valence-electron chi connectivity index (χ3n) is 5.65. The second kappa shape index (κ2) is 5.64. The number of nitrogens with one attached hydrogen (secondary N) is 1. The lowest BCUT2D eigenvalue weighted by atomic mass is 9.82. The molecule has 0 aliphatic carbocycles. The third kappa shape index (κ3) is 2.53. The molecule has 1 aromatic carbocycles. The Kier molecular flexibility index (Phi) is 3.60. The highest BCUT2D eigenvalue weighted by molar-refractivity contribution is 6.04. The Morgan fingerprint density at radius 2 is 1.91 bits per heavy atom. The zero-order valence-corrected chi connectivity index (χ0v) is 13.8. The largest absolute Gasteiger partial charge is 0.348 e. The van der Waals surface area contributed by atoms with Gasteiger partial charge in [0.2, 0.25) is 0 Å². The number of hydrogen-bond donors (Lipinski definition) is 1. The number of piperidine rings is 2. The van der Waals surface area contributed by atoms with Crippen LogP contribution in [0.25, 0.3) is 10.9 Å². The smallest absolute Gasteiger partial charge is 0.272 e. The maximum Gasteiger partial charge on any atom is 0.272 e. The molecule has 2 aromatic rings. The SMILES string of the molecule is CN1C2CCCC1CC(NC(=O)c1nn(C)c3ccccc13)C2.[HH]. The summed E-state index contributed by atoms with van der Waals surface area (Å²) in [6.07, 6.45) is 5.95. The molecule has 2 bridgehead atoms. The standard InChI is InChI=1S/C18H24N4O.H2/c1-21-13-6-5-7-14(21)11-12(10-13)19-18(23)17-15-8-3-4-9-16(15)22(2)20-17;/h3-4,8-9,12-14H,5-7,10-11H2,1-2H3,(H,19,23);1H. The van der Waals surface area contributed by atoms with Gasteiger partial charge in [-0.1, -0.05) is 24.6 Å². The minimum absolute atomic E-state index is 0. The van der Waals surface area contributed by atoms with E-state index in [9.17, 15) is 4.79 Å². The zero-order valence-electron chi connectivity index (χ0n) is 13.8. The molecule has 2 aliphatic rings. The normalized spacial score (nSPS) is 28.0. The van der Waals surface area contributed by atoms with E-state index in [2.05, 4.69) is 22.4 Å². The third-order valence-corrected chi connectivity index (χ3v) is 5.65. The lowest BCUT2D eigenvalue weighted by Crippen LogP contribution is -2.55. The molecule has 0 radical (unpaired) electrons. The van der Waals surface area contributed by atoms with Crippen LogP contribution in [0.15, 0.2) is 24.3 Å². The summed E-state index contributed by atoms with van der Waals surface area (Å²) in [6, 6.07) is 9.42. The molecule has 1 N–H and O–H groups in total. The van der Waals surface area contributed by atoms with Gasteiger partial charge in [-0.2, -0.15) is 5.10 Å². The van der Waals surface area contributed by atoms with Crippen LogP contribution in [0.3, 0.4) is 0 Å². The number of hydrogen-bond acceptors (Lipinski definition) is 3. The van der Waals surface area contributed by atoms with Crippen LogP contribution in [-0.2, 0) is 7.05 Å². The van der Waals surface area contributed by atoms with Gasteiger partial charge in [0.05, 0.1) is 5.52 Å². The van der Waals surface area contributed by atoms with Crippen LogP contribution in [0.2, 0.25) is 0 Å². The molecular formula is C18H26N4O. The summed E-state index contributed by atoms with van der Waals surface area (Å²) in [6.45, 7) is 0. The fourth-order valence-corrected chi connectivity index (χ4v) is 4.37. The first-order valence-electron chi connectivity index (χ1n) is 8.58. The Morgan fingerprint density at radius 1 is 1.22 bits per heavy atom. The van der Waals surface area contributed by atoms with Crippen molar-refractivity contribution in [3.8, 4) is 0 Å². The van der Waals surface area contributed by atoms with E-state index in [1.54, 1.807) is 4.68 Å². The topological polar surface area (TPSA) is 50.2 Å². The minimum Gasteiger partial charge on any atom is -0.348 e. The first-order valence-corrected chi connectivity index (χ1v) is 8.58. The van der Waals surface area contributed by atoms with Crippen molar-refractivity contribution in [3.63, 3.8) is 0 Å². The van der Waals surface area contributed by atoms with Crippen LogP contribution in [0.1, 0.15) is 44.0 Å². The Hall–Kier alpha value is -1.88. The molecule has 124 valence electrons. The maximum absolute atomic E-state index is 12.7. The number of aromatic nitrogens is 2. The lowest BCUT2D eigenvalue weighted by Gasteiger charge is -2.47. The molecule has 2 saturated heterocycles. The van der Waals surface area contributed by atoms with Crippen molar-refractivity contribution < 1.29 is 6.22 Å². The number of carbonyl (C=O) groups excluding carboxylic acids is 1. The van der Waals surface area contributed by atoms with Crippen molar-refractivity contribution >= 4 is 16.8 Å². The van der Waals surface area contributed by atoms with Crippen molar-refractivity contribution in [1.29, 1.82) is 0 Å². The molecule has 5 nitrogen and oxygen atoms in total. The molecule has 1 aromatic heterocycles. The summed E-state index contributed by atoms with van der Waals surface area (Å²) in [4.78, 5) is 15.3. The highest BCUT2D eigenvalue weighted by atomic mass is 16.2. The van der Waals surface area contributed by atoms with Crippen molar-refractivity contribution in [1.82, 2.24) is 20.0 Å². The molecule has 2 fully saturated rings. The maximum atomic E-state index is 12.7. The average molecular weight is 314 g/mol. The molecule has 4 rings (SSSR count). The number of aryl methyl sites for hydroxylation is 1. The van der Waals surface area contributed by atoms with Crippen LogP contribution >= 0.6 is 0 Å².